The maximum atomic E-state index is 14.4. The first kappa shape index (κ1) is 13.7. The summed E-state index contributed by atoms with van der Waals surface area (Å²) in [5, 5.41) is 11.4. The summed E-state index contributed by atoms with van der Waals surface area (Å²) in [5.41, 5.74) is 6.08. The van der Waals surface area contributed by atoms with Gasteiger partial charge in [0.2, 0.25) is 0 Å². The van der Waals surface area contributed by atoms with Crippen LogP contribution in [0.1, 0.15) is 6.42 Å². The first-order chi connectivity index (χ1) is 10.1. The second-order valence-corrected chi connectivity index (χ2v) is 5.22. The number of nitro benzene ring substituents is 1. The summed E-state index contributed by atoms with van der Waals surface area (Å²) in [6, 6.07) is 4.19. The van der Waals surface area contributed by atoms with Gasteiger partial charge in [-0.2, -0.15) is 0 Å². The minimum Gasteiger partial charge on any atom is -0.367 e. The van der Waals surface area contributed by atoms with Crippen LogP contribution in [-0.2, 0) is 0 Å². The van der Waals surface area contributed by atoms with E-state index in [0.29, 0.717) is 42.1 Å². The molecule has 1 fully saturated rings. The molecule has 0 spiro atoms. The molecule has 6 nitrogen and oxygen atoms in total. The summed E-state index contributed by atoms with van der Waals surface area (Å²) in [6.45, 7) is 1.88. The van der Waals surface area contributed by atoms with E-state index in [2.05, 4.69) is 4.98 Å². The van der Waals surface area contributed by atoms with Crippen molar-refractivity contribution < 1.29 is 9.31 Å². The van der Waals surface area contributed by atoms with Gasteiger partial charge in [0.1, 0.15) is 11.2 Å². The van der Waals surface area contributed by atoms with Gasteiger partial charge in [-0.05, 0) is 31.0 Å². The number of aromatic nitrogens is 1. The molecule has 1 aromatic heterocycles. The van der Waals surface area contributed by atoms with Crippen molar-refractivity contribution in [3.63, 3.8) is 0 Å². The van der Waals surface area contributed by atoms with E-state index in [0.717, 1.165) is 12.5 Å². The Morgan fingerprint density at radius 1 is 1.57 bits per heavy atom. The molecule has 0 saturated carbocycles. The van der Waals surface area contributed by atoms with Crippen LogP contribution in [-0.4, -0.2) is 29.5 Å². The van der Waals surface area contributed by atoms with Crippen LogP contribution in [0.25, 0.3) is 10.9 Å². The highest BCUT2D eigenvalue weighted by Gasteiger charge is 2.28. The Bertz CT molecular complexity index is 707. The number of nitrogens with zero attached hydrogens (tertiary/aromatic N) is 3. The molecule has 1 aromatic carbocycles. The van der Waals surface area contributed by atoms with Gasteiger partial charge in [0.05, 0.1) is 16.4 Å². The number of benzene rings is 1. The molecule has 0 radical (unpaired) electrons. The quantitative estimate of drug-likeness (QED) is 0.691. The first-order valence-corrected chi connectivity index (χ1v) is 6.78. The largest absolute Gasteiger partial charge is 0.367 e. The molecule has 2 heterocycles. The molecule has 1 atom stereocenters. The van der Waals surface area contributed by atoms with E-state index in [9.17, 15) is 14.5 Å². The number of hydrogen-bond acceptors (Lipinski definition) is 5. The van der Waals surface area contributed by atoms with Gasteiger partial charge >= 0.3 is 0 Å². The molecule has 2 N–H and O–H groups in total. The zero-order valence-corrected chi connectivity index (χ0v) is 11.3. The predicted molar refractivity (Wildman–Crippen MR) is 77.7 cm³/mol. The Kier molecular flexibility index (Phi) is 3.42. The standard InChI is InChI=1S/C14H15FN4O2/c15-11-6-12(19(20)21)10-2-1-4-17-13(10)14(11)18-5-3-9(7-16)8-18/h1-2,4,6,9H,3,5,7-8,16H2. The normalized spacial score (nSPS) is 18.4. The fraction of sp³-hybridized carbons (Fsp3) is 0.357. The maximum absolute atomic E-state index is 14.4. The molecule has 0 amide bonds. The van der Waals surface area contributed by atoms with Gasteiger partial charge in [-0.25, -0.2) is 4.39 Å². The molecular weight excluding hydrogens is 275 g/mol. The van der Waals surface area contributed by atoms with E-state index in [-0.39, 0.29) is 5.69 Å². The lowest BCUT2D eigenvalue weighted by Gasteiger charge is -2.20. The van der Waals surface area contributed by atoms with Crippen molar-refractivity contribution >= 4 is 22.3 Å². The number of halogens is 1. The third-order valence-corrected chi connectivity index (χ3v) is 3.93. The van der Waals surface area contributed by atoms with Gasteiger partial charge in [-0.1, -0.05) is 0 Å². The van der Waals surface area contributed by atoms with E-state index in [1.807, 2.05) is 4.90 Å². The number of pyridine rings is 1. The Morgan fingerprint density at radius 2 is 2.38 bits per heavy atom. The van der Waals surface area contributed by atoms with Gasteiger partial charge < -0.3 is 10.6 Å². The number of nitrogens with two attached hydrogens (primary N) is 1. The second kappa shape index (κ2) is 5.25. The van der Waals surface area contributed by atoms with Gasteiger partial charge in [0.25, 0.3) is 5.69 Å². The number of nitro groups is 1. The molecule has 2 aromatic rings. The number of non-ortho nitro benzene ring substituents is 1. The molecule has 0 bridgehead atoms. The van der Waals surface area contributed by atoms with E-state index >= 15 is 0 Å². The predicted octanol–water partition coefficient (Wildman–Crippen LogP) is 2.07. The fourth-order valence-electron chi connectivity index (χ4n) is 2.86. The van der Waals surface area contributed by atoms with E-state index in [4.69, 9.17) is 5.73 Å². The van der Waals surface area contributed by atoms with Crippen LogP contribution in [0.2, 0.25) is 0 Å². The van der Waals surface area contributed by atoms with Crippen molar-refractivity contribution in [2.75, 3.05) is 24.5 Å². The van der Waals surface area contributed by atoms with Crippen LogP contribution >= 0.6 is 0 Å². The Hall–Kier alpha value is -2.28. The Morgan fingerprint density at radius 3 is 3.05 bits per heavy atom. The summed E-state index contributed by atoms with van der Waals surface area (Å²) in [4.78, 5) is 16.5. The van der Waals surface area contributed by atoms with Crippen molar-refractivity contribution in [2.45, 2.75) is 6.42 Å². The lowest BCUT2D eigenvalue weighted by molar-refractivity contribution is -0.383. The van der Waals surface area contributed by atoms with Crippen molar-refractivity contribution in [2.24, 2.45) is 11.7 Å². The molecule has 1 unspecified atom stereocenters. The third-order valence-electron chi connectivity index (χ3n) is 3.93. The van der Waals surface area contributed by atoms with Gasteiger partial charge in [-0.15, -0.1) is 0 Å². The highest BCUT2D eigenvalue weighted by molar-refractivity contribution is 5.97. The summed E-state index contributed by atoms with van der Waals surface area (Å²) >= 11 is 0. The number of hydrogen-bond donors (Lipinski definition) is 1. The van der Waals surface area contributed by atoms with Gasteiger partial charge in [0.15, 0.2) is 5.82 Å². The molecular formula is C14H15FN4O2. The number of rotatable bonds is 3. The zero-order chi connectivity index (χ0) is 15.0. The SMILES string of the molecule is NCC1CCN(c2c(F)cc([N+](=O)[O-])c3cccnc23)C1. The number of fused-ring (bicyclic) bond motifs is 1. The smallest absolute Gasteiger partial charge is 0.281 e. The summed E-state index contributed by atoms with van der Waals surface area (Å²) in [5.74, 6) is -0.288. The highest BCUT2D eigenvalue weighted by Crippen LogP contribution is 2.36. The molecule has 110 valence electrons. The van der Waals surface area contributed by atoms with Crippen LogP contribution in [0.3, 0.4) is 0 Å². The van der Waals surface area contributed by atoms with Crippen LogP contribution in [0.15, 0.2) is 24.4 Å². The summed E-state index contributed by atoms with van der Waals surface area (Å²) in [6.07, 6.45) is 2.41. The lowest BCUT2D eigenvalue weighted by atomic mass is 10.1. The maximum Gasteiger partial charge on any atom is 0.281 e. The van der Waals surface area contributed by atoms with Crippen LogP contribution in [0, 0.1) is 21.8 Å². The average Bonchev–Trinajstić information content (AvgIpc) is 2.94. The average molecular weight is 290 g/mol. The van der Waals surface area contributed by atoms with Crippen LogP contribution in [0.4, 0.5) is 15.8 Å². The van der Waals surface area contributed by atoms with Crippen LogP contribution in [0.5, 0.6) is 0 Å². The molecule has 1 saturated heterocycles. The first-order valence-electron chi connectivity index (χ1n) is 6.78. The fourth-order valence-corrected chi connectivity index (χ4v) is 2.86. The van der Waals surface area contributed by atoms with Crippen molar-refractivity contribution in [1.82, 2.24) is 4.98 Å². The lowest BCUT2D eigenvalue weighted by Crippen LogP contribution is -2.24. The van der Waals surface area contributed by atoms with Crippen molar-refractivity contribution in [3.8, 4) is 0 Å². The molecule has 0 aliphatic carbocycles. The third kappa shape index (κ3) is 2.29. The van der Waals surface area contributed by atoms with Crippen LogP contribution < -0.4 is 10.6 Å². The zero-order valence-electron chi connectivity index (χ0n) is 11.3. The van der Waals surface area contributed by atoms with Gasteiger partial charge in [-0.3, -0.25) is 15.1 Å². The van der Waals surface area contributed by atoms with Gasteiger partial charge in [0, 0.05) is 19.3 Å². The minimum absolute atomic E-state index is 0.256. The molecule has 1 aliphatic rings. The van der Waals surface area contributed by atoms with Crippen molar-refractivity contribution in [3.05, 3.63) is 40.3 Å². The Labute approximate surface area is 120 Å². The molecule has 7 heteroatoms. The molecule has 1 aliphatic heterocycles. The minimum atomic E-state index is -0.606. The Balaban J connectivity index is 2.17. The van der Waals surface area contributed by atoms with E-state index in [1.54, 1.807) is 12.1 Å². The van der Waals surface area contributed by atoms with Crippen molar-refractivity contribution in [1.29, 1.82) is 0 Å². The molecule has 21 heavy (non-hydrogen) atoms. The van der Waals surface area contributed by atoms with E-state index in [1.165, 1.54) is 6.20 Å². The molecule has 3 rings (SSSR count). The highest BCUT2D eigenvalue weighted by atomic mass is 19.1. The van der Waals surface area contributed by atoms with E-state index < -0.39 is 10.7 Å². The topological polar surface area (TPSA) is 85.3 Å². The summed E-state index contributed by atoms with van der Waals surface area (Å²) in [7, 11) is 0. The second-order valence-electron chi connectivity index (χ2n) is 5.22. The monoisotopic (exact) mass is 290 g/mol. The summed E-state index contributed by atoms with van der Waals surface area (Å²) < 4.78 is 14.4. The number of anilines is 1.